The fourth-order valence-corrected chi connectivity index (χ4v) is 2.76. The minimum absolute atomic E-state index is 0.316. The summed E-state index contributed by atoms with van der Waals surface area (Å²) in [7, 11) is 0.316. The van der Waals surface area contributed by atoms with E-state index in [1.807, 2.05) is 59.1 Å². The van der Waals surface area contributed by atoms with Crippen molar-refractivity contribution < 1.29 is 19.6 Å². The molecule has 0 unspecified atom stereocenters. The standard InChI is InChI=1S/C13H22O4SSi/c1-12(2,3)16-14-11(15-17-13(4,5)6)19-10-8-7-9-18-10/h7-9,11H,1-6H3. The minimum Gasteiger partial charge on any atom is -0.229 e. The van der Waals surface area contributed by atoms with E-state index >= 15 is 0 Å². The van der Waals surface area contributed by atoms with E-state index in [4.69, 9.17) is 19.6 Å². The Balaban J connectivity index is 2.52. The highest BCUT2D eigenvalue weighted by molar-refractivity contribution is 7.19. The van der Waals surface area contributed by atoms with E-state index in [9.17, 15) is 0 Å². The summed E-state index contributed by atoms with van der Waals surface area (Å²) in [6.07, 6.45) is 0. The third-order valence-corrected chi connectivity index (χ3v) is 3.82. The SMILES string of the molecule is CC(C)(C)OOC(OOC(C)(C)C)[Si]c1cccs1. The molecule has 1 aromatic rings. The van der Waals surface area contributed by atoms with Crippen molar-refractivity contribution in [2.75, 3.05) is 0 Å². The van der Waals surface area contributed by atoms with Gasteiger partial charge in [0.1, 0.15) is 0 Å². The molecule has 6 heteroatoms. The van der Waals surface area contributed by atoms with Gasteiger partial charge in [-0.15, -0.1) is 0 Å². The second-order valence-corrected chi connectivity index (χ2v) is 8.65. The van der Waals surface area contributed by atoms with Gasteiger partial charge in [0.2, 0.25) is 5.91 Å². The molecule has 1 aromatic heterocycles. The highest BCUT2D eigenvalue weighted by Crippen LogP contribution is 2.13. The predicted molar refractivity (Wildman–Crippen MR) is 77.3 cm³/mol. The highest BCUT2D eigenvalue weighted by atomic mass is 32.1. The van der Waals surface area contributed by atoms with Crippen LogP contribution in [-0.4, -0.2) is 26.6 Å². The van der Waals surface area contributed by atoms with Gasteiger partial charge in [0.05, 0.1) is 11.2 Å². The van der Waals surface area contributed by atoms with Crippen LogP contribution in [0.3, 0.4) is 0 Å². The van der Waals surface area contributed by atoms with Gasteiger partial charge in [0, 0.05) is 0 Å². The molecule has 0 amide bonds. The first kappa shape index (κ1) is 16.8. The lowest BCUT2D eigenvalue weighted by Gasteiger charge is -2.25. The predicted octanol–water partition coefficient (Wildman–Crippen LogP) is 2.85. The van der Waals surface area contributed by atoms with Crippen LogP contribution in [0.25, 0.3) is 0 Å². The molecular formula is C13H22O4SSi. The summed E-state index contributed by atoms with van der Waals surface area (Å²) in [6.45, 7) is 11.5. The van der Waals surface area contributed by atoms with E-state index in [0.29, 0.717) is 9.52 Å². The van der Waals surface area contributed by atoms with Crippen molar-refractivity contribution >= 4 is 25.4 Å². The molecule has 0 aliphatic carbocycles. The first-order valence-electron chi connectivity index (χ1n) is 6.15. The van der Waals surface area contributed by atoms with Crippen LogP contribution in [-0.2, 0) is 19.6 Å². The van der Waals surface area contributed by atoms with Gasteiger partial charge in [-0.1, -0.05) is 12.1 Å². The van der Waals surface area contributed by atoms with Gasteiger partial charge < -0.3 is 0 Å². The van der Waals surface area contributed by atoms with Crippen molar-refractivity contribution in [3.05, 3.63) is 17.5 Å². The van der Waals surface area contributed by atoms with E-state index in [0.717, 1.165) is 0 Å². The average molecular weight is 302 g/mol. The molecule has 0 saturated heterocycles. The Hall–Kier alpha value is -0.243. The fraction of sp³-hybridized carbons (Fsp3) is 0.692. The maximum absolute atomic E-state index is 5.35. The van der Waals surface area contributed by atoms with E-state index in [2.05, 4.69) is 0 Å². The minimum atomic E-state index is -0.558. The summed E-state index contributed by atoms with van der Waals surface area (Å²) >= 11 is 1.66. The summed E-state index contributed by atoms with van der Waals surface area (Å²) in [4.78, 5) is 21.3. The third-order valence-electron chi connectivity index (χ3n) is 1.55. The number of hydrogen-bond donors (Lipinski definition) is 0. The Kier molecular flexibility index (Phi) is 6.16. The molecule has 1 heterocycles. The Bertz CT molecular complexity index is 336. The Morgan fingerprint density at radius 1 is 1.00 bits per heavy atom. The van der Waals surface area contributed by atoms with Gasteiger partial charge in [-0.25, -0.2) is 19.6 Å². The Labute approximate surface area is 121 Å². The molecular weight excluding hydrogens is 280 g/mol. The molecule has 0 N–H and O–H groups in total. The maximum Gasteiger partial charge on any atom is 0.209 e. The smallest absolute Gasteiger partial charge is 0.209 e. The van der Waals surface area contributed by atoms with Crippen molar-refractivity contribution in [3.63, 3.8) is 0 Å². The van der Waals surface area contributed by atoms with Gasteiger partial charge in [0.15, 0.2) is 9.52 Å². The molecule has 0 saturated carbocycles. The lowest BCUT2D eigenvalue weighted by molar-refractivity contribution is -0.475. The molecule has 0 spiro atoms. The van der Waals surface area contributed by atoms with Crippen LogP contribution in [0.15, 0.2) is 17.5 Å². The van der Waals surface area contributed by atoms with Crippen molar-refractivity contribution in [2.24, 2.45) is 0 Å². The van der Waals surface area contributed by atoms with Gasteiger partial charge in [0.25, 0.3) is 0 Å². The molecule has 2 radical (unpaired) electrons. The Morgan fingerprint density at radius 3 is 1.89 bits per heavy atom. The van der Waals surface area contributed by atoms with Gasteiger partial charge >= 0.3 is 0 Å². The molecule has 0 aliphatic rings. The summed E-state index contributed by atoms with van der Waals surface area (Å²) in [5.74, 6) is -0.558. The van der Waals surface area contributed by atoms with Crippen molar-refractivity contribution in [3.8, 4) is 0 Å². The van der Waals surface area contributed by atoms with Crippen LogP contribution >= 0.6 is 11.3 Å². The van der Waals surface area contributed by atoms with Crippen molar-refractivity contribution in [1.29, 1.82) is 0 Å². The fourth-order valence-electron chi connectivity index (χ4n) is 0.917. The summed E-state index contributed by atoms with van der Waals surface area (Å²) in [5.41, 5.74) is -0.771. The van der Waals surface area contributed by atoms with Gasteiger partial charge in [-0.3, -0.25) is 0 Å². The van der Waals surface area contributed by atoms with Crippen LogP contribution in [0.2, 0.25) is 0 Å². The summed E-state index contributed by atoms with van der Waals surface area (Å²) < 4.78 is 1.18. The zero-order valence-electron chi connectivity index (χ0n) is 12.4. The first-order valence-corrected chi connectivity index (χ1v) is 8.10. The molecule has 108 valence electrons. The lowest BCUT2D eigenvalue weighted by Crippen LogP contribution is -2.36. The van der Waals surface area contributed by atoms with Crippen LogP contribution in [0.4, 0.5) is 0 Å². The first-order chi connectivity index (χ1) is 8.66. The monoisotopic (exact) mass is 302 g/mol. The van der Waals surface area contributed by atoms with Gasteiger partial charge in [-0.2, -0.15) is 11.3 Å². The molecule has 0 aromatic carbocycles. The summed E-state index contributed by atoms with van der Waals surface area (Å²) in [6, 6.07) is 4.04. The molecule has 0 fully saturated rings. The number of rotatable bonds is 6. The van der Waals surface area contributed by atoms with Crippen LogP contribution < -0.4 is 4.50 Å². The van der Waals surface area contributed by atoms with Crippen LogP contribution in [0.5, 0.6) is 0 Å². The van der Waals surface area contributed by atoms with Crippen LogP contribution in [0.1, 0.15) is 41.5 Å². The van der Waals surface area contributed by atoms with Crippen molar-refractivity contribution in [1.82, 2.24) is 0 Å². The zero-order valence-corrected chi connectivity index (χ0v) is 14.2. The van der Waals surface area contributed by atoms with Crippen LogP contribution in [0, 0.1) is 0 Å². The maximum atomic E-state index is 5.35. The summed E-state index contributed by atoms with van der Waals surface area (Å²) in [5, 5.41) is 2.02. The topological polar surface area (TPSA) is 36.9 Å². The number of thiophene rings is 1. The molecule has 0 bridgehead atoms. The highest BCUT2D eigenvalue weighted by Gasteiger charge is 2.23. The largest absolute Gasteiger partial charge is 0.229 e. The van der Waals surface area contributed by atoms with Crippen molar-refractivity contribution in [2.45, 2.75) is 58.7 Å². The molecule has 0 aliphatic heterocycles. The lowest BCUT2D eigenvalue weighted by atomic mass is 10.2. The number of hydrogen-bond acceptors (Lipinski definition) is 5. The third kappa shape index (κ3) is 8.51. The molecule has 0 atom stereocenters. The van der Waals surface area contributed by atoms with E-state index in [1.54, 1.807) is 11.3 Å². The quantitative estimate of drug-likeness (QED) is 0.350. The molecule has 19 heavy (non-hydrogen) atoms. The second-order valence-electron chi connectivity index (χ2n) is 6.04. The molecule has 1 rings (SSSR count). The Morgan fingerprint density at radius 2 is 1.53 bits per heavy atom. The zero-order chi connectivity index (χ0) is 14.5. The average Bonchev–Trinajstić information content (AvgIpc) is 2.72. The second kappa shape index (κ2) is 6.96. The van der Waals surface area contributed by atoms with E-state index in [1.165, 1.54) is 4.50 Å². The van der Waals surface area contributed by atoms with E-state index in [-0.39, 0.29) is 11.2 Å². The molecule has 4 nitrogen and oxygen atoms in total. The van der Waals surface area contributed by atoms with E-state index < -0.39 is 5.91 Å². The normalized spacial score (nSPS) is 13.2. The van der Waals surface area contributed by atoms with Gasteiger partial charge in [-0.05, 0) is 51.4 Å².